The topological polar surface area (TPSA) is 62.4 Å². The van der Waals surface area contributed by atoms with E-state index in [1.54, 1.807) is 7.11 Å². The number of hydrogen-bond donors (Lipinski definition) is 2. The Labute approximate surface area is 183 Å². The molecule has 2 fully saturated rings. The largest absolute Gasteiger partial charge is 0.493 e. The average Bonchev–Trinajstić information content (AvgIpc) is 3.44. The van der Waals surface area contributed by atoms with Crippen molar-refractivity contribution < 1.29 is 9.47 Å². The molecule has 0 bridgehead atoms. The number of ether oxygens (including phenoxy) is 2. The molecule has 1 unspecified atom stereocenters. The van der Waals surface area contributed by atoms with Crippen LogP contribution in [-0.4, -0.2) is 41.2 Å². The summed E-state index contributed by atoms with van der Waals surface area (Å²) in [7, 11) is 1.71. The molecule has 1 aliphatic heterocycles. The maximum Gasteiger partial charge on any atom is 0.161 e. The first kappa shape index (κ1) is 19.8. The number of methoxy groups -OCH3 is 1. The van der Waals surface area contributed by atoms with Crippen molar-refractivity contribution in [3.63, 3.8) is 0 Å². The summed E-state index contributed by atoms with van der Waals surface area (Å²) in [5.41, 5.74) is 3.31. The highest BCUT2D eigenvalue weighted by Gasteiger charge is 2.26. The molecule has 1 saturated heterocycles. The Morgan fingerprint density at radius 2 is 1.97 bits per heavy atom. The van der Waals surface area contributed by atoms with Crippen molar-refractivity contribution in [3.8, 4) is 11.5 Å². The number of aromatic nitrogens is 2. The molecule has 2 heterocycles. The van der Waals surface area contributed by atoms with Crippen LogP contribution in [0.25, 0.3) is 11.0 Å². The fourth-order valence-electron chi connectivity index (χ4n) is 4.66. The number of hydrogen-bond acceptors (Lipinski definition) is 5. The lowest BCUT2D eigenvalue weighted by molar-refractivity contribution is 0.200. The zero-order chi connectivity index (χ0) is 21.2. The zero-order valence-electron chi connectivity index (χ0n) is 18.1. The maximum absolute atomic E-state index is 6.31. The predicted octanol–water partition coefficient (Wildman–Crippen LogP) is 4.55. The van der Waals surface area contributed by atoms with Crippen molar-refractivity contribution in [3.05, 3.63) is 66.3 Å². The summed E-state index contributed by atoms with van der Waals surface area (Å²) >= 11 is 0. The molecule has 3 aromatic rings. The van der Waals surface area contributed by atoms with Crippen LogP contribution in [0.4, 0.5) is 0 Å². The fourth-order valence-corrected chi connectivity index (χ4v) is 4.66. The molecule has 0 spiro atoms. The van der Waals surface area contributed by atoms with Crippen molar-refractivity contribution >= 4 is 11.0 Å². The lowest BCUT2D eigenvalue weighted by Crippen LogP contribution is -2.43. The van der Waals surface area contributed by atoms with E-state index in [2.05, 4.69) is 40.0 Å². The summed E-state index contributed by atoms with van der Waals surface area (Å²) in [5.74, 6) is 3.88. The Morgan fingerprint density at radius 1 is 1.13 bits per heavy atom. The average molecular weight is 419 g/mol. The zero-order valence-corrected chi connectivity index (χ0v) is 18.1. The van der Waals surface area contributed by atoms with Gasteiger partial charge < -0.3 is 24.7 Å². The monoisotopic (exact) mass is 418 g/mol. The lowest BCUT2D eigenvalue weighted by Gasteiger charge is -2.36. The van der Waals surface area contributed by atoms with Crippen molar-refractivity contribution in [2.45, 2.75) is 44.2 Å². The van der Waals surface area contributed by atoms with Crippen LogP contribution in [0.15, 0.2) is 54.9 Å². The molecule has 6 heteroatoms. The van der Waals surface area contributed by atoms with Crippen LogP contribution in [0.1, 0.15) is 43.0 Å². The van der Waals surface area contributed by atoms with Crippen LogP contribution in [0.3, 0.4) is 0 Å². The summed E-state index contributed by atoms with van der Waals surface area (Å²) in [6.45, 7) is 6.63. The van der Waals surface area contributed by atoms with Crippen molar-refractivity contribution in [1.29, 1.82) is 0 Å². The molecule has 1 atom stereocenters. The third kappa shape index (κ3) is 4.20. The standard InChI is InChI=1S/C25H30N4O2/c1-17-26-14-19(15-29(17)16-25-27-21-9-5-6-10-22(21)28-25)18-11-12-23(30-2)24(13-18)31-20-7-3-4-8-20/h5-6,9-13,19-20,26H,1,3-4,7-8,14-16H2,2H3,(H,27,28). The van der Waals surface area contributed by atoms with Gasteiger partial charge in [0, 0.05) is 19.0 Å². The predicted molar refractivity (Wildman–Crippen MR) is 122 cm³/mol. The Kier molecular flexibility index (Phi) is 5.45. The highest BCUT2D eigenvalue weighted by atomic mass is 16.5. The van der Waals surface area contributed by atoms with Crippen LogP contribution < -0.4 is 14.8 Å². The molecule has 162 valence electrons. The van der Waals surface area contributed by atoms with Gasteiger partial charge in [0.1, 0.15) is 5.82 Å². The van der Waals surface area contributed by atoms with Crippen LogP contribution in [0.2, 0.25) is 0 Å². The minimum absolute atomic E-state index is 0.304. The van der Waals surface area contributed by atoms with Crippen LogP contribution >= 0.6 is 0 Å². The van der Waals surface area contributed by atoms with Gasteiger partial charge in [0.15, 0.2) is 11.5 Å². The molecule has 1 aliphatic carbocycles. The number of imidazole rings is 1. The van der Waals surface area contributed by atoms with Gasteiger partial charge in [-0.05, 0) is 55.5 Å². The van der Waals surface area contributed by atoms with Gasteiger partial charge >= 0.3 is 0 Å². The molecular formula is C25H30N4O2. The Morgan fingerprint density at radius 3 is 2.77 bits per heavy atom. The summed E-state index contributed by atoms with van der Waals surface area (Å²) in [6.07, 6.45) is 5.06. The second-order valence-electron chi connectivity index (χ2n) is 8.54. The van der Waals surface area contributed by atoms with Crippen LogP contribution in [0, 0.1) is 0 Å². The van der Waals surface area contributed by atoms with E-state index in [0.717, 1.165) is 60.1 Å². The number of para-hydroxylation sites is 2. The van der Waals surface area contributed by atoms with E-state index in [1.807, 2.05) is 24.3 Å². The molecule has 2 N–H and O–H groups in total. The summed E-state index contributed by atoms with van der Waals surface area (Å²) in [4.78, 5) is 10.4. The van der Waals surface area contributed by atoms with Gasteiger partial charge in [-0.2, -0.15) is 0 Å². The first-order valence-electron chi connectivity index (χ1n) is 11.2. The summed E-state index contributed by atoms with van der Waals surface area (Å²) < 4.78 is 11.9. The van der Waals surface area contributed by atoms with Gasteiger partial charge in [0.25, 0.3) is 0 Å². The number of nitrogens with one attached hydrogen (secondary N) is 2. The van der Waals surface area contributed by atoms with E-state index in [4.69, 9.17) is 14.5 Å². The number of nitrogens with zero attached hydrogens (tertiary/aromatic N) is 2. The molecule has 1 saturated carbocycles. The molecule has 2 aromatic carbocycles. The molecule has 2 aliphatic rings. The first-order valence-corrected chi connectivity index (χ1v) is 11.2. The third-order valence-electron chi connectivity index (χ3n) is 6.41. The minimum Gasteiger partial charge on any atom is -0.493 e. The fraction of sp³-hybridized carbons (Fsp3) is 0.400. The van der Waals surface area contributed by atoms with Crippen molar-refractivity contribution in [2.75, 3.05) is 20.2 Å². The van der Waals surface area contributed by atoms with E-state index in [9.17, 15) is 0 Å². The third-order valence-corrected chi connectivity index (χ3v) is 6.41. The molecule has 5 rings (SSSR count). The number of rotatable bonds is 6. The summed E-state index contributed by atoms with van der Waals surface area (Å²) in [5, 5.41) is 3.47. The minimum atomic E-state index is 0.304. The molecule has 0 radical (unpaired) electrons. The highest BCUT2D eigenvalue weighted by molar-refractivity contribution is 5.74. The van der Waals surface area contributed by atoms with E-state index in [1.165, 1.54) is 18.4 Å². The molecular weight excluding hydrogens is 388 g/mol. The van der Waals surface area contributed by atoms with Gasteiger partial charge in [-0.3, -0.25) is 0 Å². The van der Waals surface area contributed by atoms with Gasteiger partial charge in [-0.1, -0.05) is 24.8 Å². The van der Waals surface area contributed by atoms with E-state index in [0.29, 0.717) is 18.6 Å². The lowest BCUT2D eigenvalue weighted by atomic mass is 9.96. The van der Waals surface area contributed by atoms with Crippen LogP contribution in [0.5, 0.6) is 11.5 Å². The quantitative estimate of drug-likeness (QED) is 0.615. The van der Waals surface area contributed by atoms with E-state index in [-0.39, 0.29) is 0 Å². The molecule has 31 heavy (non-hydrogen) atoms. The smallest absolute Gasteiger partial charge is 0.161 e. The SMILES string of the molecule is C=C1NCC(c2ccc(OC)c(OC3CCCC3)c2)CN1Cc1nc2ccccc2[nH]1. The Balaban J connectivity index is 1.33. The molecule has 1 aromatic heterocycles. The highest BCUT2D eigenvalue weighted by Crippen LogP contribution is 2.35. The van der Waals surface area contributed by atoms with Gasteiger partial charge in [-0.25, -0.2) is 4.98 Å². The summed E-state index contributed by atoms with van der Waals surface area (Å²) in [6, 6.07) is 14.5. The number of H-pyrrole nitrogens is 1. The first-order chi connectivity index (χ1) is 15.2. The molecule has 6 nitrogen and oxygen atoms in total. The van der Waals surface area contributed by atoms with Crippen molar-refractivity contribution in [2.24, 2.45) is 0 Å². The maximum atomic E-state index is 6.31. The molecule has 0 amide bonds. The van der Waals surface area contributed by atoms with E-state index >= 15 is 0 Å². The van der Waals surface area contributed by atoms with Crippen molar-refractivity contribution in [1.82, 2.24) is 20.2 Å². The van der Waals surface area contributed by atoms with Gasteiger partial charge in [0.05, 0.1) is 36.6 Å². The second kappa shape index (κ2) is 8.53. The van der Waals surface area contributed by atoms with E-state index < -0.39 is 0 Å². The van der Waals surface area contributed by atoms with Gasteiger partial charge in [-0.15, -0.1) is 0 Å². The second-order valence-corrected chi connectivity index (χ2v) is 8.54. The Bertz CT molecular complexity index is 1040. The number of fused-ring (bicyclic) bond motifs is 1. The Hall–Kier alpha value is -3.15. The van der Waals surface area contributed by atoms with Crippen LogP contribution in [-0.2, 0) is 6.54 Å². The number of benzene rings is 2. The number of aromatic amines is 1. The van der Waals surface area contributed by atoms with Gasteiger partial charge in [0.2, 0.25) is 0 Å². The normalized spacial score (nSPS) is 19.6.